The monoisotopic (exact) mass is 664 g/mol. The molecule has 16 heteroatoms. The number of ether oxygens (including phenoxy) is 1. The molecule has 246 valence electrons. The molecule has 2 fully saturated rings. The first-order chi connectivity index (χ1) is 22.1. The number of carboxylic acid groups (broad SMARTS) is 1. The number of piperazine rings is 1. The molecule has 0 unspecified atom stereocenters. The number of piperidine rings is 1. The van der Waals surface area contributed by atoms with Gasteiger partial charge in [0.15, 0.2) is 17.4 Å². The largest absolute Gasteiger partial charge is 0.483 e. The molecule has 2 saturated heterocycles. The van der Waals surface area contributed by atoms with E-state index in [-0.39, 0.29) is 51.9 Å². The molecule has 0 atom stereocenters. The van der Waals surface area contributed by atoms with Crippen LogP contribution in [-0.2, 0) is 16.6 Å². The van der Waals surface area contributed by atoms with Crippen LogP contribution in [0.3, 0.4) is 0 Å². The molecule has 5 rings (SSSR count). The van der Waals surface area contributed by atoms with Crippen molar-refractivity contribution in [3.05, 3.63) is 64.6 Å². The minimum atomic E-state index is -1.36. The number of carbonyl (C=O) groups is 4. The number of carbonyl (C=O) groups excluding carboxylic acids is 3. The van der Waals surface area contributed by atoms with Crippen molar-refractivity contribution >= 4 is 41.5 Å². The highest BCUT2D eigenvalue weighted by Gasteiger charge is 2.30. The molecule has 2 aliphatic rings. The summed E-state index contributed by atoms with van der Waals surface area (Å²) in [6, 6.07) is 6.75. The van der Waals surface area contributed by atoms with Gasteiger partial charge in [0.1, 0.15) is 0 Å². The Morgan fingerprint density at radius 2 is 1.74 bits per heavy atom. The molecule has 0 saturated carbocycles. The minimum absolute atomic E-state index is 0.0252. The number of aromatic nitrogens is 2. The van der Waals surface area contributed by atoms with E-state index >= 15 is 0 Å². The first kappa shape index (κ1) is 34.2. The van der Waals surface area contributed by atoms with E-state index in [0.717, 1.165) is 32.0 Å². The van der Waals surface area contributed by atoms with Crippen molar-refractivity contribution in [2.24, 2.45) is 13.0 Å². The maximum absolute atomic E-state index is 14.6. The summed E-state index contributed by atoms with van der Waals surface area (Å²) in [6.07, 6.45) is 2.85. The highest BCUT2D eigenvalue weighted by molar-refractivity contribution is 6.34. The van der Waals surface area contributed by atoms with Crippen LogP contribution >= 0.6 is 11.6 Å². The van der Waals surface area contributed by atoms with Crippen molar-refractivity contribution in [2.45, 2.75) is 12.8 Å². The highest BCUT2D eigenvalue weighted by atomic mass is 35.5. The summed E-state index contributed by atoms with van der Waals surface area (Å²) in [4.78, 5) is 54.9. The molecular formula is C30H32ClF3N6O6. The maximum Gasteiger partial charge on any atom is 0.291 e. The van der Waals surface area contributed by atoms with Gasteiger partial charge in [-0.2, -0.15) is 4.39 Å². The maximum atomic E-state index is 14.6. The lowest BCUT2D eigenvalue weighted by Crippen LogP contribution is -2.52. The predicted molar refractivity (Wildman–Crippen MR) is 161 cm³/mol. The van der Waals surface area contributed by atoms with E-state index in [2.05, 4.69) is 20.4 Å². The zero-order valence-corrected chi connectivity index (χ0v) is 25.5. The van der Waals surface area contributed by atoms with Crippen LogP contribution in [0, 0.1) is 17.6 Å². The number of hydrogen-bond donors (Lipinski definition) is 3. The van der Waals surface area contributed by atoms with Crippen molar-refractivity contribution in [1.82, 2.24) is 24.7 Å². The second-order valence-electron chi connectivity index (χ2n) is 10.4. The normalized spacial score (nSPS) is 15.1. The van der Waals surface area contributed by atoms with E-state index < -0.39 is 30.2 Å². The molecule has 2 aromatic carbocycles. The van der Waals surface area contributed by atoms with Gasteiger partial charge >= 0.3 is 0 Å². The summed E-state index contributed by atoms with van der Waals surface area (Å²) in [5, 5.41) is 12.9. The lowest BCUT2D eigenvalue weighted by molar-refractivity contribution is -0.137. The molecule has 3 heterocycles. The lowest BCUT2D eigenvalue weighted by atomic mass is 9.96. The van der Waals surface area contributed by atoms with Crippen LogP contribution in [0.4, 0.5) is 18.9 Å². The van der Waals surface area contributed by atoms with Gasteiger partial charge in [0.05, 0.1) is 22.5 Å². The predicted octanol–water partition coefficient (Wildman–Crippen LogP) is 3.56. The number of rotatable bonds is 7. The van der Waals surface area contributed by atoms with Crippen LogP contribution in [0.15, 0.2) is 36.5 Å². The number of halogens is 4. The summed E-state index contributed by atoms with van der Waals surface area (Å²) in [5.41, 5.74) is 0.457. The molecular weight excluding hydrogens is 633 g/mol. The topological polar surface area (TPSA) is 146 Å². The average Bonchev–Trinajstić information content (AvgIpc) is 3.44. The Hall–Kier alpha value is -4.63. The van der Waals surface area contributed by atoms with Crippen LogP contribution in [0.2, 0.25) is 5.02 Å². The number of imidazole rings is 1. The highest BCUT2D eigenvalue weighted by Crippen LogP contribution is 2.31. The first-order valence-corrected chi connectivity index (χ1v) is 14.6. The van der Waals surface area contributed by atoms with Crippen LogP contribution in [0.5, 0.6) is 5.75 Å². The summed E-state index contributed by atoms with van der Waals surface area (Å²) >= 11 is 6.44. The van der Waals surface area contributed by atoms with Gasteiger partial charge in [-0.25, -0.2) is 13.8 Å². The number of alkyl halides is 1. The molecule has 0 spiro atoms. The molecule has 0 bridgehead atoms. The second-order valence-corrected chi connectivity index (χ2v) is 10.8. The fraction of sp³-hybridized carbons (Fsp3) is 0.367. The van der Waals surface area contributed by atoms with E-state index in [1.54, 1.807) is 4.90 Å². The Balaban J connectivity index is 0.00000154. The van der Waals surface area contributed by atoms with Gasteiger partial charge in [0.25, 0.3) is 18.3 Å². The SMILES string of the molecule is Cn1c(-c2ccc(OCF)c(F)c2F)cnc1C(=O)Nc1ccc(C(=O)N2CCN(C(=O)C3CCNCC3)CC2)c(Cl)c1.O=CO. The Morgan fingerprint density at radius 1 is 1.09 bits per heavy atom. The quantitative estimate of drug-likeness (QED) is 0.325. The Morgan fingerprint density at radius 3 is 2.37 bits per heavy atom. The van der Waals surface area contributed by atoms with Gasteiger partial charge in [-0.05, 0) is 56.3 Å². The number of nitrogens with zero attached hydrogens (tertiary/aromatic N) is 4. The van der Waals surface area contributed by atoms with Crippen LogP contribution in [0.1, 0.15) is 33.8 Å². The molecule has 1 aromatic heterocycles. The van der Waals surface area contributed by atoms with E-state index in [4.69, 9.17) is 21.5 Å². The van der Waals surface area contributed by atoms with E-state index in [0.29, 0.717) is 31.9 Å². The van der Waals surface area contributed by atoms with E-state index in [1.807, 2.05) is 4.90 Å². The lowest BCUT2D eigenvalue weighted by Gasteiger charge is -2.37. The second kappa shape index (κ2) is 15.6. The third-order valence-corrected chi connectivity index (χ3v) is 8.06. The van der Waals surface area contributed by atoms with Gasteiger partial charge in [0, 0.05) is 50.4 Å². The molecule has 12 nitrogen and oxygen atoms in total. The standard InChI is InChI=1S/C29H30ClF3N6O4.CH2O2/c1-37-22(20-4-5-23(43-16-31)25(33)24(20)32)15-35-26(37)27(40)36-18-2-3-19(21(30)14-18)29(42)39-12-10-38(11-13-39)28(41)17-6-8-34-9-7-17;2-1-3/h2-5,14-15,17,34H,6-13,16H2,1H3,(H,36,40);1H,(H,2,3). The Bertz CT molecular complexity index is 1590. The molecule has 2 aliphatic heterocycles. The van der Waals surface area contributed by atoms with Crippen LogP contribution in [0.25, 0.3) is 11.3 Å². The molecule has 46 heavy (non-hydrogen) atoms. The minimum Gasteiger partial charge on any atom is -0.483 e. The summed E-state index contributed by atoms with van der Waals surface area (Å²) in [6.45, 7) is 1.80. The smallest absolute Gasteiger partial charge is 0.291 e. The molecule has 3 amide bonds. The Labute approximate surface area is 267 Å². The number of benzene rings is 2. The molecule has 0 radical (unpaired) electrons. The fourth-order valence-corrected chi connectivity index (χ4v) is 5.61. The van der Waals surface area contributed by atoms with Gasteiger partial charge in [0.2, 0.25) is 18.6 Å². The zero-order chi connectivity index (χ0) is 33.4. The Kier molecular flexibility index (Phi) is 11.6. The van der Waals surface area contributed by atoms with Crippen LogP contribution < -0.4 is 15.4 Å². The van der Waals surface area contributed by atoms with Crippen molar-refractivity contribution in [3.8, 4) is 17.0 Å². The summed E-state index contributed by atoms with van der Waals surface area (Å²) in [5.74, 6) is -4.08. The van der Waals surface area contributed by atoms with Crippen molar-refractivity contribution in [1.29, 1.82) is 0 Å². The fourth-order valence-electron chi connectivity index (χ4n) is 5.35. The number of anilines is 1. The third-order valence-electron chi connectivity index (χ3n) is 7.75. The zero-order valence-electron chi connectivity index (χ0n) is 24.8. The third kappa shape index (κ3) is 7.59. The van der Waals surface area contributed by atoms with Crippen LogP contribution in [-0.4, -0.2) is 94.8 Å². The van der Waals surface area contributed by atoms with Crippen molar-refractivity contribution in [2.75, 3.05) is 51.4 Å². The average molecular weight is 665 g/mol. The van der Waals surface area contributed by atoms with E-state index in [9.17, 15) is 27.6 Å². The van der Waals surface area contributed by atoms with Gasteiger partial charge < -0.3 is 34.8 Å². The number of hydrogen-bond acceptors (Lipinski definition) is 7. The molecule has 3 aromatic rings. The van der Waals surface area contributed by atoms with Gasteiger partial charge in [-0.1, -0.05) is 11.6 Å². The van der Waals surface area contributed by atoms with Gasteiger partial charge in [-0.3, -0.25) is 19.2 Å². The number of nitrogens with one attached hydrogen (secondary N) is 2. The van der Waals surface area contributed by atoms with Crippen molar-refractivity contribution in [3.63, 3.8) is 0 Å². The first-order valence-electron chi connectivity index (χ1n) is 14.3. The molecule has 0 aliphatic carbocycles. The molecule has 3 N–H and O–H groups in total. The van der Waals surface area contributed by atoms with Crippen molar-refractivity contribution < 1.29 is 42.2 Å². The number of amides is 3. The van der Waals surface area contributed by atoms with E-state index in [1.165, 1.54) is 42.1 Å². The summed E-state index contributed by atoms with van der Waals surface area (Å²) < 4.78 is 47.0. The van der Waals surface area contributed by atoms with Gasteiger partial charge in [-0.15, -0.1) is 0 Å². The summed E-state index contributed by atoms with van der Waals surface area (Å²) in [7, 11) is 1.45.